The van der Waals surface area contributed by atoms with E-state index in [4.69, 9.17) is 4.74 Å². The summed E-state index contributed by atoms with van der Waals surface area (Å²) >= 11 is 0. The number of carbonyl (C=O) groups excluding carboxylic acids is 1. The summed E-state index contributed by atoms with van der Waals surface area (Å²) in [4.78, 5) is 10.7. The molecule has 0 aliphatic rings. The molecule has 0 spiro atoms. The minimum absolute atomic E-state index is 0.333. The van der Waals surface area contributed by atoms with Crippen LogP contribution in [-0.4, -0.2) is 37.3 Å². The van der Waals surface area contributed by atoms with E-state index in [9.17, 15) is 4.79 Å². The lowest BCUT2D eigenvalue weighted by Crippen LogP contribution is -2.18. The highest BCUT2D eigenvalue weighted by Crippen LogP contribution is 1.86. The Balaban J connectivity index is 3.86. The fourth-order valence-corrected chi connectivity index (χ4v) is 0.359. The quantitative estimate of drug-likeness (QED) is 0.247. The van der Waals surface area contributed by atoms with Gasteiger partial charge < -0.3 is 9.47 Å². The average molecular weight is 160 g/mol. The Morgan fingerprint density at radius 3 is 2.36 bits per heavy atom. The summed E-state index contributed by atoms with van der Waals surface area (Å²) in [6, 6.07) is 0. The van der Waals surface area contributed by atoms with E-state index in [1.807, 2.05) is 0 Å². The number of nitrogens with zero attached hydrogens (tertiary/aromatic N) is 1. The first-order valence-corrected chi connectivity index (χ1v) is 3.43. The molecule has 0 radical (unpaired) electrons. The molecule has 0 bridgehead atoms. The van der Waals surface area contributed by atoms with Gasteiger partial charge in [0.2, 0.25) is 0 Å². The average Bonchev–Trinajstić information content (AvgIpc) is 1.87. The maximum atomic E-state index is 10.7. The molecular weight excluding hydrogens is 146 g/mol. The van der Waals surface area contributed by atoms with Gasteiger partial charge in [-0.3, -0.25) is 0 Å². The molecule has 0 aromatic carbocycles. The van der Waals surface area contributed by atoms with Gasteiger partial charge >= 0.3 is 12.1 Å². The Morgan fingerprint density at radius 1 is 1.45 bits per heavy atom. The molecule has 11 heavy (non-hydrogen) atoms. The van der Waals surface area contributed by atoms with Crippen LogP contribution < -0.4 is 0 Å². The van der Waals surface area contributed by atoms with Gasteiger partial charge in [0.1, 0.15) is 14.1 Å². The molecule has 0 saturated carbocycles. The van der Waals surface area contributed by atoms with Crippen molar-refractivity contribution in [2.24, 2.45) is 0 Å². The SMILES string of the molecule is CCOC(=O)OC(C)=[N+](C)C. The minimum atomic E-state index is -0.654. The molecule has 4 nitrogen and oxygen atoms in total. The molecule has 0 rings (SSSR count). The molecule has 64 valence electrons. The third-order valence-corrected chi connectivity index (χ3v) is 1.12. The second-order valence-corrected chi connectivity index (χ2v) is 2.20. The van der Waals surface area contributed by atoms with E-state index < -0.39 is 6.16 Å². The maximum Gasteiger partial charge on any atom is 0.517 e. The van der Waals surface area contributed by atoms with E-state index in [-0.39, 0.29) is 0 Å². The van der Waals surface area contributed by atoms with Crippen LogP contribution in [0.15, 0.2) is 0 Å². The molecule has 0 aromatic heterocycles. The molecule has 0 N–H and O–H groups in total. The summed E-state index contributed by atoms with van der Waals surface area (Å²) in [5.41, 5.74) is 0. The second-order valence-electron chi connectivity index (χ2n) is 2.20. The van der Waals surface area contributed by atoms with Crippen LogP contribution >= 0.6 is 0 Å². The van der Waals surface area contributed by atoms with Crippen molar-refractivity contribution in [2.75, 3.05) is 20.7 Å². The van der Waals surface area contributed by atoms with Gasteiger partial charge in [-0.05, 0) is 6.92 Å². The van der Waals surface area contributed by atoms with Gasteiger partial charge in [-0.25, -0.2) is 9.37 Å². The van der Waals surface area contributed by atoms with Crippen LogP contribution in [0.2, 0.25) is 0 Å². The standard InChI is InChI=1S/C7H14NO3/c1-5-10-7(9)11-6(2)8(3)4/h5H2,1-4H3/q+1. The molecule has 0 saturated heterocycles. The van der Waals surface area contributed by atoms with Crippen molar-refractivity contribution in [3.63, 3.8) is 0 Å². The lowest BCUT2D eigenvalue weighted by molar-refractivity contribution is -0.473. The number of hydrogen-bond acceptors (Lipinski definition) is 3. The summed E-state index contributed by atoms with van der Waals surface area (Å²) in [7, 11) is 3.57. The van der Waals surface area contributed by atoms with Gasteiger partial charge in [0, 0.05) is 0 Å². The molecule has 0 fully saturated rings. The van der Waals surface area contributed by atoms with E-state index >= 15 is 0 Å². The predicted octanol–water partition coefficient (Wildman–Crippen LogP) is 0.850. The first-order chi connectivity index (χ1) is 5.07. The molecule has 0 aliphatic carbocycles. The fraction of sp³-hybridized carbons (Fsp3) is 0.714. The third-order valence-electron chi connectivity index (χ3n) is 1.12. The Morgan fingerprint density at radius 2 is 2.00 bits per heavy atom. The number of rotatable bonds is 1. The van der Waals surface area contributed by atoms with Gasteiger partial charge in [0.05, 0.1) is 13.5 Å². The Bertz CT molecular complexity index is 171. The van der Waals surface area contributed by atoms with Gasteiger partial charge in [-0.2, -0.15) is 0 Å². The highest BCUT2D eigenvalue weighted by atomic mass is 16.7. The third kappa shape index (κ3) is 4.36. The van der Waals surface area contributed by atoms with Crippen molar-refractivity contribution in [1.29, 1.82) is 0 Å². The van der Waals surface area contributed by atoms with Gasteiger partial charge in [0.25, 0.3) is 0 Å². The largest absolute Gasteiger partial charge is 0.517 e. The van der Waals surface area contributed by atoms with E-state index in [1.165, 1.54) is 0 Å². The zero-order valence-electron chi connectivity index (χ0n) is 7.38. The minimum Gasteiger partial charge on any atom is -0.434 e. The van der Waals surface area contributed by atoms with Crippen LogP contribution in [0.5, 0.6) is 0 Å². The van der Waals surface area contributed by atoms with Crippen LogP contribution in [-0.2, 0) is 9.47 Å². The molecular formula is C7H14NO3+. The topological polar surface area (TPSA) is 38.5 Å². The van der Waals surface area contributed by atoms with Crippen molar-refractivity contribution in [3.05, 3.63) is 0 Å². The van der Waals surface area contributed by atoms with Gasteiger partial charge in [0.15, 0.2) is 0 Å². The Labute approximate surface area is 66.4 Å². The van der Waals surface area contributed by atoms with Crippen molar-refractivity contribution in [2.45, 2.75) is 13.8 Å². The monoisotopic (exact) mass is 160 g/mol. The summed E-state index contributed by atoms with van der Waals surface area (Å²) in [5, 5.41) is 0. The highest BCUT2D eigenvalue weighted by molar-refractivity contribution is 5.80. The molecule has 0 atom stereocenters. The van der Waals surface area contributed by atoms with Crippen LogP contribution in [0.3, 0.4) is 0 Å². The molecule has 0 unspecified atom stereocenters. The Kier molecular flexibility index (Phi) is 4.26. The van der Waals surface area contributed by atoms with E-state index in [0.717, 1.165) is 0 Å². The Hall–Kier alpha value is -1.06. The number of carbonyl (C=O) groups is 1. The van der Waals surface area contributed by atoms with Crippen LogP contribution in [0.4, 0.5) is 4.79 Å². The molecule has 0 aliphatic heterocycles. The van der Waals surface area contributed by atoms with Crippen LogP contribution in [0, 0.1) is 0 Å². The maximum absolute atomic E-state index is 10.7. The smallest absolute Gasteiger partial charge is 0.434 e. The van der Waals surface area contributed by atoms with Gasteiger partial charge in [-0.1, -0.05) is 0 Å². The van der Waals surface area contributed by atoms with Crippen molar-refractivity contribution < 1.29 is 18.8 Å². The fourth-order valence-electron chi connectivity index (χ4n) is 0.359. The van der Waals surface area contributed by atoms with Crippen molar-refractivity contribution in [3.8, 4) is 0 Å². The normalized spacial score (nSPS) is 8.73. The second kappa shape index (κ2) is 4.71. The first kappa shape index (κ1) is 9.94. The lowest BCUT2D eigenvalue weighted by Gasteiger charge is -2.00. The summed E-state index contributed by atoms with van der Waals surface area (Å²) < 4.78 is 11.0. The van der Waals surface area contributed by atoms with Crippen LogP contribution in [0.1, 0.15) is 13.8 Å². The number of ether oxygens (including phenoxy) is 2. The van der Waals surface area contributed by atoms with Crippen molar-refractivity contribution in [1.82, 2.24) is 0 Å². The van der Waals surface area contributed by atoms with Gasteiger partial charge in [-0.15, -0.1) is 0 Å². The predicted molar refractivity (Wildman–Crippen MR) is 40.9 cm³/mol. The summed E-state index contributed by atoms with van der Waals surface area (Å²) in [5.74, 6) is 0.517. The summed E-state index contributed by atoms with van der Waals surface area (Å²) in [6.45, 7) is 3.75. The van der Waals surface area contributed by atoms with E-state index in [1.54, 1.807) is 32.5 Å². The summed E-state index contributed by atoms with van der Waals surface area (Å²) in [6.07, 6.45) is -0.654. The lowest BCUT2D eigenvalue weighted by atomic mass is 10.7. The number of hydrogen-bond donors (Lipinski definition) is 0. The zero-order valence-corrected chi connectivity index (χ0v) is 7.38. The molecule has 4 heteroatoms. The van der Waals surface area contributed by atoms with E-state index in [0.29, 0.717) is 12.5 Å². The van der Waals surface area contributed by atoms with Crippen LogP contribution in [0.25, 0.3) is 0 Å². The zero-order chi connectivity index (χ0) is 8.85. The first-order valence-electron chi connectivity index (χ1n) is 3.43. The molecule has 0 heterocycles. The van der Waals surface area contributed by atoms with E-state index in [2.05, 4.69) is 4.74 Å². The van der Waals surface area contributed by atoms with Crippen molar-refractivity contribution >= 4 is 12.1 Å². The molecule has 0 amide bonds. The highest BCUT2D eigenvalue weighted by Gasteiger charge is 2.09. The molecule has 0 aromatic rings.